The second-order valence-corrected chi connectivity index (χ2v) is 10.4. The Balaban J connectivity index is 1.72. The van der Waals surface area contributed by atoms with Gasteiger partial charge >= 0.3 is 0 Å². The topological polar surface area (TPSA) is 136 Å². The maximum atomic E-state index is 12.9. The lowest BCUT2D eigenvalue weighted by atomic mass is 9.72. The summed E-state index contributed by atoms with van der Waals surface area (Å²) in [5.74, 6) is 0.0520. The summed E-state index contributed by atoms with van der Waals surface area (Å²) in [7, 11) is 1.58. The van der Waals surface area contributed by atoms with E-state index >= 15 is 0 Å². The highest BCUT2D eigenvalue weighted by Crippen LogP contribution is 2.43. The van der Waals surface area contributed by atoms with Gasteiger partial charge in [-0.05, 0) is 25.2 Å². The number of hydrogen-bond acceptors (Lipinski definition) is 9. The molecule has 0 bridgehead atoms. The van der Waals surface area contributed by atoms with Gasteiger partial charge in [0.15, 0.2) is 12.3 Å². The highest BCUT2D eigenvalue weighted by Gasteiger charge is 2.56. The Hall–Kier alpha value is -0.850. The number of carbonyl (C=O) groups is 1. The smallest absolute Gasteiger partial charge is 0.253 e. The first-order chi connectivity index (χ1) is 15.5. The minimum Gasteiger partial charge on any atom is -0.394 e. The molecule has 0 saturated carbocycles. The summed E-state index contributed by atoms with van der Waals surface area (Å²) in [5, 5.41) is 32.8. The molecule has 0 aromatic rings. The molecule has 3 fully saturated rings. The number of aliphatic hydroxyl groups excluding tert-OH is 3. The number of nitrogens with one attached hydrogen (secondary N) is 1. The van der Waals surface area contributed by atoms with Gasteiger partial charge in [0.25, 0.3) is 5.91 Å². The van der Waals surface area contributed by atoms with Crippen LogP contribution in [0.2, 0.25) is 0 Å². The number of rotatable bonds is 7. The molecule has 3 heterocycles. The van der Waals surface area contributed by atoms with Crippen LogP contribution in [0.25, 0.3) is 0 Å². The van der Waals surface area contributed by atoms with Crippen LogP contribution in [0.4, 0.5) is 0 Å². The molecule has 3 aliphatic rings. The Labute approximate surface area is 195 Å². The number of ether oxygens (including phenoxy) is 5. The van der Waals surface area contributed by atoms with Crippen molar-refractivity contribution in [3.05, 3.63) is 0 Å². The van der Waals surface area contributed by atoms with Crippen LogP contribution in [0.5, 0.6) is 0 Å². The SMILES string of the molecule is CO[C@@H]1[C@H]2OCO[C@@H](NC(=O)[C@@H](O)[C@H]3C[C@@H](C)[C@@H](C)[C@@H](C)O3)[C@H]2O[C@H](C[C@@H](O)CO)C1(C)C. The summed E-state index contributed by atoms with van der Waals surface area (Å²) in [6.07, 6.45) is -5.26. The molecule has 0 radical (unpaired) electrons. The zero-order valence-corrected chi connectivity index (χ0v) is 20.5. The molecule has 10 nitrogen and oxygen atoms in total. The van der Waals surface area contributed by atoms with Crippen LogP contribution in [0.15, 0.2) is 0 Å². The summed E-state index contributed by atoms with van der Waals surface area (Å²) < 4.78 is 29.4. The van der Waals surface area contributed by atoms with Crippen molar-refractivity contribution in [3.8, 4) is 0 Å². The van der Waals surface area contributed by atoms with Crippen LogP contribution in [0, 0.1) is 17.3 Å². The quantitative estimate of drug-likeness (QED) is 0.406. The van der Waals surface area contributed by atoms with Crippen molar-refractivity contribution in [1.29, 1.82) is 0 Å². The molecule has 0 aromatic carbocycles. The van der Waals surface area contributed by atoms with E-state index in [1.54, 1.807) is 7.11 Å². The third kappa shape index (κ3) is 5.54. The summed E-state index contributed by atoms with van der Waals surface area (Å²) in [4.78, 5) is 12.9. The zero-order valence-electron chi connectivity index (χ0n) is 20.5. The standard InChI is InChI=1S/C23H41NO9/c1-11-7-15(32-13(3)12(11)2)17(27)21(28)24-22-19-18(30-10-31-22)20(29-6)23(4,5)16(33-19)8-14(26)9-25/h11-20,22,25-27H,7-10H2,1-6H3,(H,24,28)/t11-,12-,13-,14-,15-,16-,17+,18+,19+,20-,22-/m1/s1. The number of hydrogen-bond donors (Lipinski definition) is 4. The van der Waals surface area contributed by atoms with Crippen molar-refractivity contribution in [3.63, 3.8) is 0 Å². The minimum absolute atomic E-state index is 0.0602. The van der Waals surface area contributed by atoms with Crippen LogP contribution in [-0.4, -0.2) is 96.8 Å². The molecule has 3 rings (SSSR count). The van der Waals surface area contributed by atoms with E-state index in [-0.39, 0.29) is 19.3 Å². The number of fused-ring (bicyclic) bond motifs is 1. The Bertz CT molecular complexity index is 650. The lowest BCUT2D eigenvalue weighted by Gasteiger charge is -2.54. The molecule has 1 amide bonds. The summed E-state index contributed by atoms with van der Waals surface area (Å²) >= 11 is 0. The van der Waals surface area contributed by atoms with Gasteiger partial charge in [-0.2, -0.15) is 0 Å². The van der Waals surface area contributed by atoms with Gasteiger partial charge in [-0.15, -0.1) is 0 Å². The molecule has 33 heavy (non-hydrogen) atoms. The van der Waals surface area contributed by atoms with E-state index in [1.807, 2.05) is 20.8 Å². The van der Waals surface area contributed by atoms with Crippen molar-refractivity contribution < 1.29 is 43.8 Å². The normalized spacial score (nSPS) is 42.8. The maximum absolute atomic E-state index is 12.9. The van der Waals surface area contributed by atoms with Crippen molar-refractivity contribution in [1.82, 2.24) is 5.32 Å². The van der Waals surface area contributed by atoms with Crippen molar-refractivity contribution in [2.75, 3.05) is 20.5 Å². The first kappa shape index (κ1) is 26.7. The van der Waals surface area contributed by atoms with Gasteiger partial charge in [0, 0.05) is 18.9 Å². The molecule has 0 aromatic heterocycles. The van der Waals surface area contributed by atoms with Crippen molar-refractivity contribution in [2.45, 2.75) is 103 Å². The number of amides is 1. The zero-order chi connectivity index (χ0) is 24.5. The van der Waals surface area contributed by atoms with E-state index in [0.29, 0.717) is 18.3 Å². The summed E-state index contributed by atoms with van der Waals surface area (Å²) in [6, 6.07) is 0. The second kappa shape index (κ2) is 10.8. The van der Waals surface area contributed by atoms with Gasteiger partial charge in [0.05, 0.1) is 37.1 Å². The van der Waals surface area contributed by atoms with Gasteiger partial charge < -0.3 is 44.3 Å². The van der Waals surface area contributed by atoms with Crippen LogP contribution < -0.4 is 5.32 Å². The van der Waals surface area contributed by atoms with Gasteiger partial charge in [0.1, 0.15) is 19.0 Å². The first-order valence-electron chi connectivity index (χ1n) is 11.9. The summed E-state index contributed by atoms with van der Waals surface area (Å²) in [5.41, 5.74) is -0.545. The average Bonchev–Trinajstić information content (AvgIpc) is 2.77. The van der Waals surface area contributed by atoms with E-state index < -0.39 is 66.9 Å². The van der Waals surface area contributed by atoms with Crippen LogP contribution >= 0.6 is 0 Å². The molecule has 0 unspecified atom stereocenters. The molecule has 3 saturated heterocycles. The minimum atomic E-state index is -1.35. The molecular weight excluding hydrogens is 434 g/mol. The van der Waals surface area contributed by atoms with E-state index in [0.717, 1.165) is 0 Å². The third-order valence-electron chi connectivity index (χ3n) is 7.80. The summed E-state index contributed by atoms with van der Waals surface area (Å²) in [6.45, 7) is 9.59. The van der Waals surface area contributed by atoms with Gasteiger partial charge in [-0.25, -0.2) is 0 Å². The first-order valence-corrected chi connectivity index (χ1v) is 11.9. The molecule has 0 aliphatic carbocycles. The van der Waals surface area contributed by atoms with Crippen LogP contribution in [0.1, 0.15) is 47.5 Å². The monoisotopic (exact) mass is 475 g/mol. The fourth-order valence-corrected chi connectivity index (χ4v) is 5.27. The molecule has 4 N–H and O–H groups in total. The Kier molecular flexibility index (Phi) is 8.77. The van der Waals surface area contributed by atoms with E-state index in [2.05, 4.69) is 19.2 Å². The molecular formula is C23H41NO9. The molecule has 10 heteroatoms. The van der Waals surface area contributed by atoms with Crippen LogP contribution in [0.3, 0.4) is 0 Å². The molecule has 11 atom stereocenters. The van der Waals surface area contributed by atoms with Gasteiger partial charge in [-0.3, -0.25) is 4.79 Å². The number of carbonyl (C=O) groups excluding carboxylic acids is 1. The second-order valence-electron chi connectivity index (χ2n) is 10.4. The predicted molar refractivity (Wildman–Crippen MR) is 117 cm³/mol. The highest BCUT2D eigenvalue weighted by molar-refractivity contribution is 5.81. The number of methoxy groups -OCH3 is 1. The largest absolute Gasteiger partial charge is 0.394 e. The average molecular weight is 476 g/mol. The van der Waals surface area contributed by atoms with E-state index in [9.17, 15) is 20.1 Å². The maximum Gasteiger partial charge on any atom is 0.253 e. The Morgan fingerprint density at radius 2 is 1.85 bits per heavy atom. The van der Waals surface area contributed by atoms with Crippen molar-refractivity contribution >= 4 is 5.91 Å². The lowest BCUT2D eigenvalue weighted by molar-refractivity contribution is -0.331. The van der Waals surface area contributed by atoms with Gasteiger partial charge in [-0.1, -0.05) is 27.7 Å². The van der Waals surface area contributed by atoms with Gasteiger partial charge in [0.2, 0.25) is 0 Å². The Morgan fingerprint density at radius 3 is 2.45 bits per heavy atom. The molecule has 3 aliphatic heterocycles. The fourth-order valence-electron chi connectivity index (χ4n) is 5.27. The predicted octanol–water partition coefficient (Wildman–Crippen LogP) is 0.164. The van der Waals surface area contributed by atoms with Crippen LogP contribution in [-0.2, 0) is 28.5 Å². The van der Waals surface area contributed by atoms with E-state index in [1.165, 1.54) is 0 Å². The van der Waals surface area contributed by atoms with E-state index in [4.69, 9.17) is 23.7 Å². The van der Waals surface area contributed by atoms with Crippen molar-refractivity contribution in [2.24, 2.45) is 17.3 Å². The lowest BCUT2D eigenvalue weighted by Crippen LogP contribution is -2.69. The third-order valence-corrected chi connectivity index (χ3v) is 7.80. The molecule has 0 spiro atoms. The highest BCUT2D eigenvalue weighted by atomic mass is 16.7. The number of aliphatic hydroxyl groups is 3. The fraction of sp³-hybridized carbons (Fsp3) is 0.957. The Morgan fingerprint density at radius 1 is 1.15 bits per heavy atom. The molecule has 192 valence electrons.